The van der Waals surface area contributed by atoms with Gasteiger partial charge >= 0.3 is 6.01 Å². The van der Waals surface area contributed by atoms with Crippen molar-refractivity contribution in [3.05, 3.63) is 66.5 Å². The highest BCUT2D eigenvalue weighted by Gasteiger charge is 2.25. The van der Waals surface area contributed by atoms with Crippen molar-refractivity contribution in [2.45, 2.75) is 18.9 Å². The van der Waals surface area contributed by atoms with Crippen LogP contribution in [-0.2, 0) is 0 Å². The fourth-order valence-corrected chi connectivity index (χ4v) is 3.18. The number of likely N-dealkylation sites (tertiary alicyclic amines) is 1. The van der Waals surface area contributed by atoms with Crippen molar-refractivity contribution < 1.29 is 9.53 Å². The molecule has 1 fully saturated rings. The number of ether oxygens (including phenoxy) is 1. The molecule has 0 radical (unpaired) electrons. The van der Waals surface area contributed by atoms with E-state index in [1.165, 1.54) is 0 Å². The van der Waals surface area contributed by atoms with Crippen molar-refractivity contribution in [3.8, 4) is 6.01 Å². The molecule has 5 nitrogen and oxygen atoms in total. The van der Waals surface area contributed by atoms with Crippen LogP contribution in [-0.4, -0.2) is 40.0 Å². The van der Waals surface area contributed by atoms with Crippen LogP contribution in [0.2, 0.25) is 0 Å². The molecule has 1 aliphatic heterocycles. The SMILES string of the molecule is O=C(c1ccc2ccccc2c1)N1CCC(Oc2ncccn2)CC1. The minimum absolute atomic E-state index is 0.0584. The van der Waals surface area contributed by atoms with Crippen LogP contribution in [0.25, 0.3) is 10.8 Å². The quantitative estimate of drug-likeness (QED) is 0.738. The number of carbonyl (C=O) groups is 1. The summed E-state index contributed by atoms with van der Waals surface area (Å²) >= 11 is 0. The Morgan fingerprint density at radius 2 is 1.68 bits per heavy atom. The van der Waals surface area contributed by atoms with Gasteiger partial charge in [0.2, 0.25) is 0 Å². The fraction of sp³-hybridized carbons (Fsp3) is 0.250. The summed E-state index contributed by atoms with van der Waals surface area (Å²) in [6, 6.07) is 16.1. The highest BCUT2D eigenvalue weighted by atomic mass is 16.5. The van der Waals surface area contributed by atoms with Crippen molar-refractivity contribution in [2.75, 3.05) is 13.1 Å². The molecule has 2 heterocycles. The molecule has 5 heteroatoms. The summed E-state index contributed by atoms with van der Waals surface area (Å²) in [5.41, 5.74) is 0.740. The van der Waals surface area contributed by atoms with Gasteiger partial charge in [-0.05, 0) is 29.0 Å². The van der Waals surface area contributed by atoms with Crippen molar-refractivity contribution >= 4 is 16.7 Å². The van der Waals surface area contributed by atoms with E-state index >= 15 is 0 Å². The van der Waals surface area contributed by atoms with Crippen molar-refractivity contribution in [1.82, 2.24) is 14.9 Å². The highest BCUT2D eigenvalue weighted by molar-refractivity contribution is 5.98. The topological polar surface area (TPSA) is 55.3 Å². The molecule has 0 atom stereocenters. The number of piperidine rings is 1. The van der Waals surface area contributed by atoms with Crippen LogP contribution in [0.15, 0.2) is 60.9 Å². The zero-order valence-electron chi connectivity index (χ0n) is 13.8. The molecular weight excluding hydrogens is 314 g/mol. The second-order valence-electron chi connectivity index (χ2n) is 6.20. The number of hydrogen-bond donors (Lipinski definition) is 0. The Morgan fingerprint density at radius 3 is 2.44 bits per heavy atom. The average Bonchev–Trinajstić information content (AvgIpc) is 2.68. The second kappa shape index (κ2) is 6.89. The van der Waals surface area contributed by atoms with E-state index in [0.717, 1.165) is 29.2 Å². The van der Waals surface area contributed by atoms with Gasteiger partial charge in [-0.2, -0.15) is 0 Å². The zero-order valence-corrected chi connectivity index (χ0v) is 13.8. The number of rotatable bonds is 3. The molecule has 0 saturated carbocycles. The van der Waals surface area contributed by atoms with Crippen LogP contribution >= 0.6 is 0 Å². The van der Waals surface area contributed by atoms with Crippen LogP contribution in [0.4, 0.5) is 0 Å². The van der Waals surface area contributed by atoms with Crippen LogP contribution in [0.1, 0.15) is 23.2 Å². The number of aromatic nitrogens is 2. The van der Waals surface area contributed by atoms with Gasteiger partial charge in [0.25, 0.3) is 5.91 Å². The molecule has 126 valence electrons. The summed E-state index contributed by atoms with van der Waals surface area (Å²) < 4.78 is 5.79. The van der Waals surface area contributed by atoms with E-state index in [0.29, 0.717) is 19.1 Å². The minimum atomic E-state index is 0.0584. The van der Waals surface area contributed by atoms with Gasteiger partial charge in [0, 0.05) is 43.9 Å². The fourth-order valence-electron chi connectivity index (χ4n) is 3.18. The third-order valence-corrected chi connectivity index (χ3v) is 4.54. The first-order valence-electron chi connectivity index (χ1n) is 8.51. The van der Waals surface area contributed by atoms with Gasteiger partial charge in [-0.1, -0.05) is 30.3 Å². The number of benzene rings is 2. The molecule has 0 bridgehead atoms. The lowest BCUT2D eigenvalue weighted by molar-refractivity contribution is 0.0579. The summed E-state index contributed by atoms with van der Waals surface area (Å²) in [6.07, 6.45) is 4.97. The van der Waals surface area contributed by atoms with Gasteiger partial charge in [0.1, 0.15) is 6.10 Å². The first-order chi connectivity index (χ1) is 12.3. The van der Waals surface area contributed by atoms with E-state index in [1.54, 1.807) is 18.5 Å². The summed E-state index contributed by atoms with van der Waals surface area (Å²) in [5, 5.41) is 2.24. The number of carbonyl (C=O) groups excluding carboxylic acids is 1. The van der Waals surface area contributed by atoms with Crippen LogP contribution in [0.3, 0.4) is 0 Å². The van der Waals surface area contributed by atoms with E-state index in [1.807, 2.05) is 41.3 Å². The number of nitrogens with zero attached hydrogens (tertiary/aromatic N) is 3. The molecule has 0 unspecified atom stereocenters. The molecule has 0 aliphatic carbocycles. The van der Waals surface area contributed by atoms with E-state index in [-0.39, 0.29) is 12.0 Å². The predicted molar refractivity (Wildman–Crippen MR) is 95.5 cm³/mol. The Labute approximate surface area is 146 Å². The first kappa shape index (κ1) is 15.6. The Kier molecular flexibility index (Phi) is 4.29. The predicted octanol–water partition coefficient (Wildman–Crippen LogP) is 3.31. The molecule has 2 aromatic carbocycles. The first-order valence-corrected chi connectivity index (χ1v) is 8.51. The molecule has 25 heavy (non-hydrogen) atoms. The van der Waals surface area contributed by atoms with Gasteiger partial charge in [-0.15, -0.1) is 0 Å². The van der Waals surface area contributed by atoms with Gasteiger partial charge in [-0.25, -0.2) is 9.97 Å². The van der Waals surface area contributed by atoms with E-state index in [9.17, 15) is 4.79 Å². The summed E-state index contributed by atoms with van der Waals surface area (Å²) in [5.74, 6) is 0.0835. The zero-order chi connectivity index (χ0) is 17.1. The largest absolute Gasteiger partial charge is 0.460 e. The molecule has 0 N–H and O–H groups in total. The van der Waals surface area contributed by atoms with E-state index in [4.69, 9.17) is 4.74 Å². The summed E-state index contributed by atoms with van der Waals surface area (Å²) in [6.45, 7) is 1.37. The van der Waals surface area contributed by atoms with Crippen molar-refractivity contribution in [1.29, 1.82) is 0 Å². The van der Waals surface area contributed by atoms with Crippen molar-refractivity contribution in [2.24, 2.45) is 0 Å². The molecule has 1 aromatic heterocycles. The molecule has 0 spiro atoms. The standard InChI is InChI=1S/C20H19N3O2/c24-19(17-7-6-15-4-1-2-5-16(15)14-17)23-12-8-18(9-13-23)25-20-21-10-3-11-22-20/h1-7,10-11,14,18H,8-9,12-13H2. The molecule has 1 amide bonds. The molecule has 4 rings (SSSR count). The van der Waals surface area contributed by atoms with Crippen LogP contribution < -0.4 is 4.74 Å². The monoisotopic (exact) mass is 333 g/mol. The van der Waals surface area contributed by atoms with Crippen LogP contribution in [0, 0.1) is 0 Å². The van der Waals surface area contributed by atoms with Crippen LogP contribution in [0.5, 0.6) is 6.01 Å². The summed E-state index contributed by atoms with van der Waals surface area (Å²) in [4.78, 5) is 22.8. The van der Waals surface area contributed by atoms with Gasteiger partial charge in [0.05, 0.1) is 0 Å². The molecule has 1 saturated heterocycles. The van der Waals surface area contributed by atoms with Gasteiger partial charge in [0.15, 0.2) is 0 Å². The van der Waals surface area contributed by atoms with E-state index in [2.05, 4.69) is 16.0 Å². The Balaban J connectivity index is 1.40. The minimum Gasteiger partial charge on any atom is -0.460 e. The summed E-state index contributed by atoms with van der Waals surface area (Å²) in [7, 11) is 0. The Bertz CT molecular complexity index is 874. The third-order valence-electron chi connectivity index (χ3n) is 4.54. The Morgan fingerprint density at radius 1 is 0.960 bits per heavy atom. The highest BCUT2D eigenvalue weighted by Crippen LogP contribution is 2.20. The molecule has 1 aliphatic rings. The van der Waals surface area contributed by atoms with Crippen molar-refractivity contribution in [3.63, 3.8) is 0 Å². The molecule has 3 aromatic rings. The maximum absolute atomic E-state index is 12.8. The number of hydrogen-bond acceptors (Lipinski definition) is 4. The lowest BCUT2D eigenvalue weighted by atomic mass is 10.0. The van der Waals surface area contributed by atoms with E-state index < -0.39 is 0 Å². The average molecular weight is 333 g/mol. The second-order valence-corrected chi connectivity index (χ2v) is 6.20. The molecular formula is C20H19N3O2. The van der Waals surface area contributed by atoms with Gasteiger partial charge in [-0.3, -0.25) is 4.79 Å². The number of amides is 1. The lowest BCUT2D eigenvalue weighted by Crippen LogP contribution is -2.41. The maximum Gasteiger partial charge on any atom is 0.316 e. The normalized spacial score (nSPS) is 15.3. The van der Waals surface area contributed by atoms with Gasteiger partial charge < -0.3 is 9.64 Å². The lowest BCUT2D eigenvalue weighted by Gasteiger charge is -2.31. The third kappa shape index (κ3) is 3.45. The number of fused-ring (bicyclic) bond motifs is 1. The smallest absolute Gasteiger partial charge is 0.316 e. The Hall–Kier alpha value is -2.95. The maximum atomic E-state index is 12.8.